The number of esters is 4. The molecule has 0 aliphatic carbocycles. The number of phosphoric ester groups is 2. The zero-order chi connectivity index (χ0) is 76.0. The number of rotatable bonds is 85. The van der Waals surface area contributed by atoms with Crippen molar-refractivity contribution in [1.82, 2.24) is 0 Å². The molecule has 0 radical (unpaired) electrons. The minimum Gasteiger partial charge on any atom is -0.462 e. The van der Waals surface area contributed by atoms with Crippen molar-refractivity contribution in [3.8, 4) is 0 Å². The highest BCUT2D eigenvalue weighted by atomic mass is 31.2. The Morgan fingerprint density at radius 1 is 0.260 bits per heavy atom. The second-order valence-electron chi connectivity index (χ2n) is 30.2. The molecule has 19 heteroatoms. The average molecular weight is 1520 g/mol. The van der Waals surface area contributed by atoms with Crippen LogP contribution >= 0.6 is 15.6 Å². The molecule has 0 saturated heterocycles. The number of phosphoric acid groups is 2. The smallest absolute Gasteiger partial charge is 0.462 e. The van der Waals surface area contributed by atoms with Gasteiger partial charge in [-0.15, -0.1) is 0 Å². The lowest BCUT2D eigenvalue weighted by molar-refractivity contribution is -0.161. The molecule has 3 N–H and O–H groups in total. The van der Waals surface area contributed by atoms with Gasteiger partial charge < -0.3 is 33.8 Å². The second kappa shape index (κ2) is 78.9. The van der Waals surface area contributed by atoms with Crippen LogP contribution in [-0.4, -0.2) is 96.7 Å². The average Bonchev–Trinajstić information content (AvgIpc) is 1.44. The molecule has 616 valence electrons. The van der Waals surface area contributed by atoms with Gasteiger partial charge in [0.2, 0.25) is 0 Å². The molecule has 17 nitrogen and oxygen atoms in total. The molecular formula is C85H164O17P2. The Kier molecular flexibility index (Phi) is 77.2. The van der Waals surface area contributed by atoms with Gasteiger partial charge in [0.05, 0.1) is 26.4 Å². The van der Waals surface area contributed by atoms with Gasteiger partial charge in [-0.2, -0.15) is 0 Å². The fraction of sp³-hybridized carbons (Fsp3) is 0.929. The van der Waals surface area contributed by atoms with E-state index in [1.165, 1.54) is 263 Å². The fourth-order valence-electron chi connectivity index (χ4n) is 13.0. The number of aliphatic hydroxyl groups is 1. The van der Waals surface area contributed by atoms with Crippen molar-refractivity contribution in [2.75, 3.05) is 39.6 Å². The van der Waals surface area contributed by atoms with Crippen LogP contribution in [-0.2, 0) is 65.4 Å². The second-order valence-corrected chi connectivity index (χ2v) is 33.1. The van der Waals surface area contributed by atoms with Crippen LogP contribution < -0.4 is 0 Å². The third-order valence-electron chi connectivity index (χ3n) is 19.8. The van der Waals surface area contributed by atoms with Gasteiger partial charge in [-0.1, -0.05) is 387 Å². The zero-order valence-corrected chi connectivity index (χ0v) is 69.5. The summed E-state index contributed by atoms with van der Waals surface area (Å²) >= 11 is 0. The monoisotopic (exact) mass is 1520 g/mol. The molecule has 0 spiro atoms. The van der Waals surface area contributed by atoms with Gasteiger partial charge in [0.25, 0.3) is 0 Å². The Bertz CT molecular complexity index is 2010. The van der Waals surface area contributed by atoms with Crippen molar-refractivity contribution in [3.63, 3.8) is 0 Å². The van der Waals surface area contributed by atoms with Gasteiger partial charge in [-0.05, 0) is 51.4 Å². The molecule has 0 aromatic carbocycles. The summed E-state index contributed by atoms with van der Waals surface area (Å²) < 4.78 is 68.9. The molecule has 0 aliphatic rings. The lowest BCUT2D eigenvalue weighted by atomic mass is 10.0. The maximum absolute atomic E-state index is 13.1. The van der Waals surface area contributed by atoms with E-state index in [2.05, 4.69) is 39.8 Å². The maximum Gasteiger partial charge on any atom is 0.472 e. The van der Waals surface area contributed by atoms with Crippen LogP contribution in [0.25, 0.3) is 0 Å². The number of allylic oxidation sites excluding steroid dienone is 2. The van der Waals surface area contributed by atoms with Crippen molar-refractivity contribution in [3.05, 3.63) is 12.2 Å². The van der Waals surface area contributed by atoms with Crippen molar-refractivity contribution < 1.29 is 80.2 Å². The number of hydrogen-bond donors (Lipinski definition) is 3. The van der Waals surface area contributed by atoms with Crippen LogP contribution in [0.1, 0.15) is 451 Å². The van der Waals surface area contributed by atoms with Crippen LogP contribution in [0.5, 0.6) is 0 Å². The summed E-state index contributed by atoms with van der Waals surface area (Å²) in [4.78, 5) is 73.2. The fourth-order valence-corrected chi connectivity index (χ4v) is 14.6. The Hall–Kier alpha value is -2.20. The van der Waals surface area contributed by atoms with Crippen LogP contribution in [0.4, 0.5) is 0 Å². The van der Waals surface area contributed by atoms with Crippen molar-refractivity contribution in [2.24, 2.45) is 0 Å². The molecule has 104 heavy (non-hydrogen) atoms. The molecule has 0 saturated carbocycles. The molecular weight excluding hydrogens is 1350 g/mol. The van der Waals surface area contributed by atoms with E-state index in [-0.39, 0.29) is 25.7 Å². The number of hydrogen-bond acceptors (Lipinski definition) is 15. The van der Waals surface area contributed by atoms with Gasteiger partial charge in [-0.25, -0.2) is 9.13 Å². The zero-order valence-electron chi connectivity index (χ0n) is 67.7. The van der Waals surface area contributed by atoms with E-state index in [0.29, 0.717) is 25.7 Å². The van der Waals surface area contributed by atoms with E-state index >= 15 is 0 Å². The summed E-state index contributed by atoms with van der Waals surface area (Å²) in [6, 6.07) is 0. The molecule has 0 heterocycles. The first-order valence-corrected chi connectivity index (χ1v) is 46.9. The largest absolute Gasteiger partial charge is 0.472 e. The van der Waals surface area contributed by atoms with E-state index < -0.39 is 97.5 Å². The summed E-state index contributed by atoms with van der Waals surface area (Å²) in [7, 11) is -9.93. The lowest BCUT2D eigenvalue weighted by Gasteiger charge is -2.21. The predicted molar refractivity (Wildman–Crippen MR) is 428 cm³/mol. The number of carbonyl (C=O) groups excluding carboxylic acids is 4. The van der Waals surface area contributed by atoms with Gasteiger partial charge in [0.15, 0.2) is 12.2 Å². The highest BCUT2D eigenvalue weighted by Crippen LogP contribution is 2.45. The molecule has 0 amide bonds. The quantitative estimate of drug-likeness (QED) is 0.0169. The predicted octanol–water partition coefficient (Wildman–Crippen LogP) is 25.9. The topological polar surface area (TPSA) is 237 Å². The van der Waals surface area contributed by atoms with Crippen molar-refractivity contribution >= 4 is 39.5 Å². The van der Waals surface area contributed by atoms with Crippen LogP contribution in [0.2, 0.25) is 0 Å². The summed E-state index contributed by atoms with van der Waals surface area (Å²) in [6.07, 6.45) is 74.5. The maximum atomic E-state index is 13.1. The van der Waals surface area contributed by atoms with Crippen molar-refractivity contribution in [2.45, 2.75) is 470 Å². The third-order valence-corrected chi connectivity index (χ3v) is 21.7. The molecule has 0 aromatic rings. The minimum atomic E-state index is -4.97. The van der Waals surface area contributed by atoms with Crippen LogP contribution in [0.3, 0.4) is 0 Å². The van der Waals surface area contributed by atoms with Crippen molar-refractivity contribution in [1.29, 1.82) is 0 Å². The van der Waals surface area contributed by atoms with E-state index in [0.717, 1.165) is 109 Å². The normalized spacial score (nSPS) is 13.8. The lowest BCUT2D eigenvalue weighted by Crippen LogP contribution is -2.30. The first-order valence-electron chi connectivity index (χ1n) is 43.9. The molecule has 0 bridgehead atoms. The standard InChI is InChI=1S/C85H164O17P2/c1-5-9-13-17-21-25-29-33-37-39-43-47-51-55-59-63-67-71-84(89)101-80(75-95-82(87)69-65-61-57-53-49-45-41-35-31-27-23-19-15-11-7-3)77-99-103(91,92)97-73-79(86)74-98-104(93,94)100-78-81(76-96-83(88)70-66-62-58-54-50-46-42-36-32-28-24-20-16-12-8-4)102-85(90)72-68-64-60-56-52-48-44-40-38-34-30-26-22-18-14-10-6-2/h35,41,79-81,86H,5-34,36-40,42-78H2,1-4H3,(H,91,92)(H,93,94)/b41-35-/t79-,80-,81-/m1/s1. The summed E-state index contributed by atoms with van der Waals surface area (Å²) in [5.41, 5.74) is 0. The summed E-state index contributed by atoms with van der Waals surface area (Å²) in [5, 5.41) is 10.7. The SMILES string of the molecule is CCCCCCCC/C=C\CCCCCCCC(=O)OC[C@H](COP(=O)(O)OC[C@@H](O)COP(=O)(O)OC[C@@H](COC(=O)CCCCCCCCCCCCCCCCC)OC(=O)CCCCCCCCCCCCCCCCCCC)OC(=O)CCCCCCCCCCCCCCCCCCC. The third kappa shape index (κ3) is 77.9. The van der Waals surface area contributed by atoms with Gasteiger partial charge in [0.1, 0.15) is 19.3 Å². The molecule has 0 aromatic heterocycles. The highest BCUT2D eigenvalue weighted by Gasteiger charge is 2.30. The highest BCUT2D eigenvalue weighted by molar-refractivity contribution is 7.47. The Morgan fingerprint density at radius 2 is 0.442 bits per heavy atom. The first-order chi connectivity index (χ1) is 50.7. The van der Waals surface area contributed by atoms with Gasteiger partial charge in [-0.3, -0.25) is 37.3 Å². The van der Waals surface area contributed by atoms with Gasteiger partial charge in [0, 0.05) is 25.7 Å². The minimum absolute atomic E-state index is 0.106. The summed E-state index contributed by atoms with van der Waals surface area (Å²) in [5.74, 6) is -2.11. The van der Waals surface area contributed by atoms with Crippen LogP contribution in [0.15, 0.2) is 12.2 Å². The molecule has 0 fully saturated rings. The van der Waals surface area contributed by atoms with E-state index in [1.807, 2.05) is 0 Å². The Balaban J connectivity index is 5.29. The Labute approximate surface area is 638 Å². The van der Waals surface area contributed by atoms with E-state index in [1.54, 1.807) is 0 Å². The number of ether oxygens (including phenoxy) is 4. The molecule has 2 unspecified atom stereocenters. The van der Waals surface area contributed by atoms with Crippen LogP contribution in [0, 0.1) is 0 Å². The Morgan fingerprint density at radius 3 is 0.663 bits per heavy atom. The van der Waals surface area contributed by atoms with E-state index in [4.69, 9.17) is 37.0 Å². The van der Waals surface area contributed by atoms with Gasteiger partial charge >= 0.3 is 39.5 Å². The molecule has 0 rings (SSSR count). The van der Waals surface area contributed by atoms with E-state index in [9.17, 15) is 43.2 Å². The first kappa shape index (κ1) is 102. The summed E-state index contributed by atoms with van der Waals surface area (Å²) in [6.45, 7) is 5.04. The number of carbonyl (C=O) groups is 4. The number of aliphatic hydroxyl groups excluding tert-OH is 1. The molecule has 0 aliphatic heterocycles. The number of unbranched alkanes of at least 4 members (excludes halogenated alkanes) is 57. The molecule has 5 atom stereocenters.